The zero-order valence-electron chi connectivity index (χ0n) is 2.66. The summed E-state index contributed by atoms with van der Waals surface area (Å²) in [6.07, 6.45) is -1.83. The Labute approximate surface area is 44.6 Å². The van der Waals surface area contributed by atoms with Crippen LogP contribution in [-0.4, -0.2) is 21.8 Å². The average Bonchev–Trinajstić information content (AvgIpc) is 0.811. The summed E-state index contributed by atoms with van der Waals surface area (Å²) in [6.45, 7) is 0. The van der Waals surface area contributed by atoms with E-state index in [0.29, 0.717) is 0 Å². The second-order valence-electron chi connectivity index (χ2n) is 0.283. The number of rotatable bonds is 0. The van der Waals surface area contributed by atoms with Crippen molar-refractivity contribution in [1.29, 1.82) is 0 Å². The monoisotopic (exact) mass is 136 g/mol. The summed E-state index contributed by atoms with van der Waals surface area (Å²) in [4.78, 5) is 8.56. The molecule has 0 fully saturated rings. The van der Waals surface area contributed by atoms with Crippen LogP contribution in [0.5, 0.6) is 0 Å². The molecule has 5 heteroatoms. The molecule has 0 rings (SSSR count). The quantitative estimate of drug-likeness (QED) is 0.435. The van der Waals surface area contributed by atoms with E-state index in [9.17, 15) is 0 Å². The molecule has 0 saturated carbocycles. The molecule has 40 valence electrons. The van der Waals surface area contributed by atoms with Gasteiger partial charge in [0.25, 0.3) is 0 Å². The maximum Gasteiger partial charge on any atom is 0.503 e. The number of carbonyl (C=O) groups is 1. The molecule has 0 aliphatic heterocycles. The van der Waals surface area contributed by atoms with Crippen LogP contribution in [0, 0.1) is 0 Å². The summed E-state index contributed by atoms with van der Waals surface area (Å²) in [5.41, 5.74) is 0. The first-order valence-corrected chi connectivity index (χ1v) is 0.651. The van der Waals surface area contributed by atoms with Crippen LogP contribution in [0.2, 0.25) is 0 Å². The Kier molecular flexibility index (Phi) is 25.3. The minimum Gasteiger partial charge on any atom is -0.450 e. The molecule has 0 saturated heterocycles. The summed E-state index contributed by atoms with van der Waals surface area (Å²) < 4.78 is 0. The van der Waals surface area contributed by atoms with E-state index in [4.69, 9.17) is 15.0 Å². The Morgan fingerprint density at radius 1 is 1.33 bits per heavy atom. The third-order valence-electron chi connectivity index (χ3n) is 0. The molecule has 0 unspecified atom stereocenters. The number of hydrogen-bond acceptors (Lipinski definition) is 1. The van der Waals surface area contributed by atoms with Crippen LogP contribution in [0.25, 0.3) is 0 Å². The molecule has 4 N–H and O–H groups in total. The molecule has 6 heavy (non-hydrogen) atoms. The SMILES string of the molecule is O.O=C(O)O.[Fe]. The van der Waals surface area contributed by atoms with E-state index in [2.05, 4.69) is 0 Å². The second-order valence-corrected chi connectivity index (χ2v) is 0.283. The van der Waals surface area contributed by atoms with Gasteiger partial charge in [-0.25, -0.2) is 4.79 Å². The van der Waals surface area contributed by atoms with E-state index in [1.165, 1.54) is 0 Å². The summed E-state index contributed by atoms with van der Waals surface area (Å²) >= 11 is 0. The third-order valence-corrected chi connectivity index (χ3v) is 0. The van der Waals surface area contributed by atoms with E-state index in [-0.39, 0.29) is 22.5 Å². The Balaban J connectivity index is -0.0000000450. The molecule has 4 nitrogen and oxygen atoms in total. The van der Waals surface area contributed by atoms with Crippen molar-refractivity contribution in [3.8, 4) is 0 Å². The predicted octanol–water partition coefficient (Wildman–Crippen LogP) is -0.605. The van der Waals surface area contributed by atoms with Crippen molar-refractivity contribution in [2.45, 2.75) is 0 Å². The van der Waals surface area contributed by atoms with Crippen molar-refractivity contribution in [3.63, 3.8) is 0 Å². The van der Waals surface area contributed by atoms with Crippen molar-refractivity contribution in [3.05, 3.63) is 0 Å². The van der Waals surface area contributed by atoms with Crippen LogP contribution in [0.15, 0.2) is 0 Å². The van der Waals surface area contributed by atoms with Gasteiger partial charge in [0.05, 0.1) is 0 Å². The Hall–Kier alpha value is -0.251. The Morgan fingerprint density at radius 3 is 1.33 bits per heavy atom. The smallest absolute Gasteiger partial charge is 0.450 e. The van der Waals surface area contributed by atoms with Crippen molar-refractivity contribution >= 4 is 6.16 Å². The molecular weight excluding hydrogens is 132 g/mol. The van der Waals surface area contributed by atoms with E-state index in [0.717, 1.165) is 0 Å². The number of hydrogen-bond donors (Lipinski definition) is 2. The predicted molar refractivity (Wildman–Crippen MR) is 14.3 cm³/mol. The molecule has 0 aromatic rings. The first kappa shape index (κ1) is 17.2. The number of carboxylic acid groups (broad SMARTS) is 2. The van der Waals surface area contributed by atoms with Crippen molar-refractivity contribution in [2.24, 2.45) is 0 Å². The molecule has 0 heterocycles. The maximum atomic E-state index is 8.56. The van der Waals surface area contributed by atoms with E-state index in [1.807, 2.05) is 0 Å². The molecule has 0 amide bonds. The molecule has 0 aromatic heterocycles. The minimum atomic E-state index is -1.83. The van der Waals surface area contributed by atoms with Gasteiger partial charge in [0, 0.05) is 17.1 Å². The van der Waals surface area contributed by atoms with E-state index >= 15 is 0 Å². The van der Waals surface area contributed by atoms with Crippen LogP contribution in [0.1, 0.15) is 0 Å². The topological polar surface area (TPSA) is 89.0 Å². The zero-order chi connectivity index (χ0) is 3.58. The molecule has 0 aliphatic carbocycles. The first-order chi connectivity index (χ1) is 1.73. The van der Waals surface area contributed by atoms with Crippen LogP contribution >= 0.6 is 0 Å². The van der Waals surface area contributed by atoms with E-state index < -0.39 is 6.16 Å². The summed E-state index contributed by atoms with van der Waals surface area (Å²) in [5, 5.41) is 13.9. The fourth-order valence-electron chi connectivity index (χ4n) is 0. The standard InChI is InChI=1S/CH2O3.Fe.H2O/c2-1(3)4;;/h(H2,2,3,4);;1H2. The van der Waals surface area contributed by atoms with Gasteiger partial charge in [-0.15, -0.1) is 0 Å². The molecule has 0 bridgehead atoms. The first-order valence-electron chi connectivity index (χ1n) is 0.651. The maximum absolute atomic E-state index is 8.56. The van der Waals surface area contributed by atoms with Crippen LogP contribution in [0.3, 0.4) is 0 Å². The van der Waals surface area contributed by atoms with Gasteiger partial charge < -0.3 is 15.7 Å². The van der Waals surface area contributed by atoms with Crippen LogP contribution in [-0.2, 0) is 17.1 Å². The summed E-state index contributed by atoms with van der Waals surface area (Å²) in [6, 6.07) is 0. The fourth-order valence-corrected chi connectivity index (χ4v) is 0. The summed E-state index contributed by atoms with van der Waals surface area (Å²) in [7, 11) is 0. The second kappa shape index (κ2) is 8.83. The average molecular weight is 136 g/mol. The van der Waals surface area contributed by atoms with Crippen molar-refractivity contribution in [1.82, 2.24) is 0 Å². The van der Waals surface area contributed by atoms with Crippen molar-refractivity contribution < 1.29 is 37.6 Å². The van der Waals surface area contributed by atoms with Gasteiger partial charge in [0.15, 0.2) is 0 Å². The minimum absolute atomic E-state index is 0. The molecular formula is CH4FeO4. The van der Waals surface area contributed by atoms with Gasteiger partial charge in [-0.3, -0.25) is 0 Å². The van der Waals surface area contributed by atoms with Gasteiger partial charge in [-0.05, 0) is 0 Å². The van der Waals surface area contributed by atoms with Gasteiger partial charge in [0.2, 0.25) is 0 Å². The van der Waals surface area contributed by atoms with Gasteiger partial charge in [0.1, 0.15) is 0 Å². The van der Waals surface area contributed by atoms with Crippen LogP contribution in [0.4, 0.5) is 4.79 Å². The molecule has 0 atom stereocenters. The summed E-state index contributed by atoms with van der Waals surface area (Å²) in [5.74, 6) is 0. The Bertz CT molecular complexity index is 30.5. The zero-order valence-corrected chi connectivity index (χ0v) is 3.76. The molecule has 0 radical (unpaired) electrons. The van der Waals surface area contributed by atoms with Crippen molar-refractivity contribution in [2.75, 3.05) is 0 Å². The third kappa shape index (κ3) is 452. The normalized spacial score (nSPS) is 4.00. The van der Waals surface area contributed by atoms with Gasteiger partial charge in [-0.1, -0.05) is 0 Å². The molecule has 0 spiro atoms. The van der Waals surface area contributed by atoms with E-state index in [1.54, 1.807) is 0 Å². The Morgan fingerprint density at radius 2 is 1.33 bits per heavy atom. The van der Waals surface area contributed by atoms with Gasteiger partial charge in [-0.2, -0.15) is 0 Å². The van der Waals surface area contributed by atoms with Crippen LogP contribution < -0.4 is 0 Å². The molecule has 0 aromatic carbocycles. The fraction of sp³-hybridized carbons (Fsp3) is 0. The largest absolute Gasteiger partial charge is 0.503 e. The van der Waals surface area contributed by atoms with Gasteiger partial charge >= 0.3 is 6.16 Å². The molecule has 0 aliphatic rings.